The third-order valence-corrected chi connectivity index (χ3v) is 9.12. The molecule has 11 heteroatoms. The second-order valence-corrected chi connectivity index (χ2v) is 11.7. The van der Waals surface area contributed by atoms with Crippen LogP contribution < -0.4 is 9.62 Å². The maximum Gasteiger partial charge on any atom is 0.326 e. The molecule has 2 aliphatic carbocycles. The predicted molar refractivity (Wildman–Crippen MR) is 134 cm³/mol. The molecule has 2 heterocycles. The lowest BCUT2D eigenvalue weighted by Crippen LogP contribution is -2.51. The van der Waals surface area contributed by atoms with Crippen LogP contribution in [0.25, 0.3) is 0 Å². The van der Waals surface area contributed by atoms with Crippen molar-refractivity contribution in [3.8, 4) is 0 Å². The van der Waals surface area contributed by atoms with Gasteiger partial charge in [-0.1, -0.05) is 6.07 Å². The molecule has 3 aliphatic rings. The number of nitrogens with zero attached hydrogens (tertiary/aromatic N) is 5. The first-order chi connectivity index (χ1) is 16.7. The van der Waals surface area contributed by atoms with Gasteiger partial charge in [-0.25, -0.2) is 9.10 Å². The summed E-state index contributed by atoms with van der Waals surface area (Å²) in [5.74, 6) is 0. The number of carbonyl (C=O) groups is 1. The molecule has 190 valence electrons. The van der Waals surface area contributed by atoms with Crippen LogP contribution in [0.4, 0.5) is 16.2 Å². The molecule has 2 amide bonds. The van der Waals surface area contributed by atoms with E-state index in [-0.39, 0.29) is 16.2 Å². The number of aryl methyl sites for hydroxylation is 3. The number of fused-ring (bicyclic) bond motifs is 2. The van der Waals surface area contributed by atoms with Crippen molar-refractivity contribution in [2.75, 3.05) is 22.7 Å². The van der Waals surface area contributed by atoms with Crippen LogP contribution in [0.2, 0.25) is 0 Å². The number of hydrogen-bond acceptors (Lipinski definition) is 6. The van der Waals surface area contributed by atoms with Gasteiger partial charge in [-0.05, 0) is 81.0 Å². The Morgan fingerprint density at radius 3 is 2.37 bits per heavy atom. The SMILES string of the molecule is CC(C)N1CCC(N(c2cnn(C)c2)S(=O)(=O)N([O-])C(=O)Nc2c3c(cc4c2CCC4)CCC3)C1. The van der Waals surface area contributed by atoms with Crippen LogP contribution in [-0.2, 0) is 42.9 Å². The molecule has 1 saturated heterocycles. The van der Waals surface area contributed by atoms with Crippen molar-refractivity contribution in [3.63, 3.8) is 0 Å². The number of amides is 2. The fraction of sp³-hybridized carbons (Fsp3) is 0.583. The van der Waals surface area contributed by atoms with Crippen LogP contribution >= 0.6 is 0 Å². The van der Waals surface area contributed by atoms with E-state index in [2.05, 4.69) is 35.2 Å². The van der Waals surface area contributed by atoms with E-state index < -0.39 is 22.3 Å². The molecule has 1 aromatic carbocycles. The quantitative estimate of drug-likeness (QED) is 0.609. The highest BCUT2D eigenvalue weighted by Gasteiger charge is 2.39. The van der Waals surface area contributed by atoms with Gasteiger partial charge in [0.25, 0.3) is 0 Å². The largest absolute Gasteiger partial charge is 0.740 e. The summed E-state index contributed by atoms with van der Waals surface area (Å²) >= 11 is 0. The lowest BCUT2D eigenvalue weighted by atomic mass is 9.99. The summed E-state index contributed by atoms with van der Waals surface area (Å²) < 4.78 is 29.4. The van der Waals surface area contributed by atoms with Gasteiger partial charge < -0.3 is 10.5 Å². The Hall–Kier alpha value is -2.63. The maximum absolute atomic E-state index is 13.6. The molecule has 35 heavy (non-hydrogen) atoms. The van der Waals surface area contributed by atoms with E-state index in [0.29, 0.717) is 25.2 Å². The molecule has 0 bridgehead atoms. The minimum atomic E-state index is -4.70. The van der Waals surface area contributed by atoms with Gasteiger partial charge in [-0.15, -0.1) is 0 Å². The first kappa shape index (κ1) is 24.1. The summed E-state index contributed by atoms with van der Waals surface area (Å²) in [6.45, 7) is 5.29. The number of aromatic nitrogens is 2. The number of urea groups is 1. The summed E-state index contributed by atoms with van der Waals surface area (Å²) in [5, 5.41) is 20.0. The Morgan fingerprint density at radius 1 is 1.17 bits per heavy atom. The van der Waals surface area contributed by atoms with Crippen LogP contribution in [0.1, 0.15) is 55.4 Å². The molecule has 0 saturated carbocycles. The zero-order chi connectivity index (χ0) is 24.9. The Labute approximate surface area is 206 Å². The smallest absolute Gasteiger partial charge is 0.326 e. The third kappa shape index (κ3) is 4.30. The molecule has 5 rings (SSSR count). The first-order valence-electron chi connectivity index (χ1n) is 12.4. The van der Waals surface area contributed by atoms with Gasteiger partial charge in [0.2, 0.25) is 0 Å². The Kier molecular flexibility index (Phi) is 6.27. The monoisotopic (exact) mass is 501 g/mol. The second-order valence-electron chi connectivity index (χ2n) is 10.1. The number of carbonyl (C=O) groups excluding carboxylic acids is 1. The summed E-state index contributed by atoms with van der Waals surface area (Å²) in [6.07, 6.45) is 9.02. The van der Waals surface area contributed by atoms with E-state index in [1.807, 2.05) is 0 Å². The maximum atomic E-state index is 13.6. The van der Waals surface area contributed by atoms with E-state index in [4.69, 9.17) is 0 Å². The minimum absolute atomic E-state index is 0.243. The predicted octanol–water partition coefficient (Wildman–Crippen LogP) is 2.96. The van der Waals surface area contributed by atoms with Gasteiger partial charge in [-0.3, -0.25) is 14.1 Å². The molecule has 1 N–H and O–H groups in total. The molecular weight excluding hydrogens is 468 g/mol. The molecule has 1 fully saturated rings. The number of hydrogen-bond donors (Lipinski definition) is 1. The second kappa shape index (κ2) is 9.11. The summed E-state index contributed by atoms with van der Waals surface area (Å²) in [5.41, 5.74) is 5.39. The standard InChI is InChI=1S/C24H33N6O4S/c1-16(2)28-11-10-19(15-28)29(20-13-25-27(3)14-20)35(33,34)30(32)24(31)26-23-21-8-4-6-17(21)12-18-7-5-9-22(18)23/h12-14,16,19H,4-11,15H2,1-3H3,(H,26,31)/q-1. The number of hydroxylamine groups is 1. The van der Waals surface area contributed by atoms with E-state index >= 15 is 0 Å². The number of likely N-dealkylation sites (tertiary alicyclic amines) is 1. The van der Waals surface area contributed by atoms with E-state index in [1.165, 1.54) is 22.0 Å². The van der Waals surface area contributed by atoms with Crippen molar-refractivity contribution in [1.29, 1.82) is 0 Å². The highest BCUT2D eigenvalue weighted by Crippen LogP contribution is 2.39. The normalized spacial score (nSPS) is 19.7. The van der Waals surface area contributed by atoms with Crippen LogP contribution in [0.5, 0.6) is 0 Å². The topological polar surface area (TPSA) is 114 Å². The van der Waals surface area contributed by atoms with Gasteiger partial charge >= 0.3 is 16.2 Å². The molecule has 1 aromatic heterocycles. The minimum Gasteiger partial charge on any atom is -0.740 e. The van der Waals surface area contributed by atoms with Crippen molar-refractivity contribution in [3.05, 3.63) is 45.9 Å². The van der Waals surface area contributed by atoms with E-state index in [9.17, 15) is 18.4 Å². The molecule has 0 radical (unpaired) electrons. The van der Waals surface area contributed by atoms with Gasteiger partial charge in [0, 0.05) is 38.1 Å². The highest BCUT2D eigenvalue weighted by molar-refractivity contribution is 7.91. The molecule has 10 nitrogen and oxygen atoms in total. The van der Waals surface area contributed by atoms with Crippen molar-refractivity contribution >= 4 is 27.6 Å². The van der Waals surface area contributed by atoms with Gasteiger partial charge in [0.15, 0.2) is 0 Å². The van der Waals surface area contributed by atoms with E-state index in [1.54, 1.807) is 13.2 Å². The van der Waals surface area contributed by atoms with Crippen LogP contribution in [0.15, 0.2) is 18.5 Å². The van der Waals surface area contributed by atoms with Gasteiger partial charge in [0.05, 0.1) is 17.9 Å². The number of rotatable bonds is 6. The molecule has 2 aromatic rings. The Balaban J connectivity index is 1.45. The lowest BCUT2D eigenvalue weighted by Gasteiger charge is -2.37. The zero-order valence-electron chi connectivity index (χ0n) is 20.5. The van der Waals surface area contributed by atoms with Gasteiger partial charge in [-0.2, -0.15) is 13.5 Å². The number of benzene rings is 1. The Bertz CT molecular complexity index is 1210. The zero-order valence-corrected chi connectivity index (χ0v) is 21.3. The Morgan fingerprint density at radius 2 is 1.83 bits per heavy atom. The lowest BCUT2D eigenvalue weighted by molar-refractivity contribution is 0.243. The fourth-order valence-electron chi connectivity index (χ4n) is 5.79. The first-order valence-corrected chi connectivity index (χ1v) is 13.8. The molecule has 1 atom stereocenters. The molecule has 1 aliphatic heterocycles. The number of anilines is 2. The van der Waals surface area contributed by atoms with Gasteiger partial charge in [0.1, 0.15) is 0 Å². The third-order valence-electron chi connectivity index (χ3n) is 7.53. The van der Waals surface area contributed by atoms with Crippen molar-refractivity contribution in [2.24, 2.45) is 7.05 Å². The molecule has 1 unspecified atom stereocenters. The molecular formula is C24H33N6O4S-. The summed E-state index contributed by atoms with van der Waals surface area (Å²) in [4.78, 5) is 15.3. The van der Waals surface area contributed by atoms with Crippen LogP contribution in [0, 0.1) is 5.21 Å². The van der Waals surface area contributed by atoms with Crippen molar-refractivity contribution < 1.29 is 13.2 Å². The van der Waals surface area contributed by atoms with E-state index in [0.717, 1.165) is 54.0 Å². The highest BCUT2D eigenvalue weighted by atomic mass is 32.2. The van der Waals surface area contributed by atoms with Crippen LogP contribution in [0.3, 0.4) is 0 Å². The van der Waals surface area contributed by atoms with Crippen LogP contribution in [-0.4, -0.2) is 58.8 Å². The molecule has 0 spiro atoms. The average molecular weight is 502 g/mol. The fourth-order valence-corrected chi connectivity index (χ4v) is 7.11. The summed E-state index contributed by atoms with van der Waals surface area (Å²) in [7, 11) is -3.02. The van der Waals surface area contributed by atoms with Crippen molar-refractivity contribution in [2.45, 2.75) is 70.9 Å². The number of nitrogens with one attached hydrogen (secondary N) is 1. The van der Waals surface area contributed by atoms with Crippen molar-refractivity contribution in [1.82, 2.24) is 19.1 Å². The average Bonchev–Trinajstić information content (AvgIpc) is 3.60. The summed E-state index contributed by atoms with van der Waals surface area (Å²) in [6, 6.07) is 0.817.